The van der Waals surface area contributed by atoms with Gasteiger partial charge in [0.05, 0.1) is 13.0 Å². The Bertz CT molecular complexity index is 671. The van der Waals surface area contributed by atoms with Crippen LogP contribution in [0.3, 0.4) is 0 Å². The summed E-state index contributed by atoms with van der Waals surface area (Å²) in [6.07, 6.45) is 3.34. The molecule has 1 N–H and O–H groups in total. The van der Waals surface area contributed by atoms with Gasteiger partial charge in [0.15, 0.2) is 5.13 Å². The van der Waals surface area contributed by atoms with Crippen LogP contribution in [0.25, 0.3) is 0 Å². The molecule has 0 bridgehead atoms. The molecule has 1 aromatic carbocycles. The van der Waals surface area contributed by atoms with E-state index >= 15 is 0 Å². The third-order valence-corrected chi connectivity index (χ3v) is 4.55. The lowest BCUT2D eigenvalue weighted by Crippen LogP contribution is -2.25. The molecule has 2 heterocycles. The summed E-state index contributed by atoms with van der Waals surface area (Å²) in [5, 5.41) is 4.82. The number of anilines is 2. The molecule has 0 radical (unpaired) electrons. The summed E-state index contributed by atoms with van der Waals surface area (Å²) in [7, 11) is 0. The van der Waals surface area contributed by atoms with Gasteiger partial charge in [-0.2, -0.15) is 0 Å². The Kier molecular flexibility index (Phi) is 4.12. The normalized spacial score (nSPS) is 13.6. The molecule has 0 saturated carbocycles. The van der Waals surface area contributed by atoms with Crippen LogP contribution in [0.5, 0.6) is 0 Å². The summed E-state index contributed by atoms with van der Waals surface area (Å²) in [5.74, 6) is 0.115. The van der Waals surface area contributed by atoms with E-state index in [2.05, 4.69) is 17.2 Å². The van der Waals surface area contributed by atoms with E-state index in [4.69, 9.17) is 11.6 Å². The first-order valence-electron chi connectivity index (χ1n) is 6.94. The lowest BCUT2D eigenvalue weighted by Gasteiger charge is -2.16. The molecule has 0 saturated heterocycles. The van der Waals surface area contributed by atoms with Crippen LogP contribution in [-0.2, 0) is 17.8 Å². The summed E-state index contributed by atoms with van der Waals surface area (Å²) < 4.78 is 0. The molecule has 1 aliphatic heterocycles. The number of halogens is 1. The molecule has 1 aliphatic rings. The molecule has 1 aromatic heterocycles. The first-order valence-corrected chi connectivity index (χ1v) is 8.14. The third-order valence-electron chi connectivity index (χ3n) is 3.37. The van der Waals surface area contributed by atoms with Crippen molar-refractivity contribution in [1.29, 1.82) is 0 Å². The Morgan fingerprint density at radius 3 is 3.14 bits per heavy atom. The maximum atomic E-state index is 12.2. The van der Waals surface area contributed by atoms with Crippen molar-refractivity contribution in [1.82, 2.24) is 4.98 Å². The van der Waals surface area contributed by atoms with E-state index in [-0.39, 0.29) is 5.91 Å². The van der Waals surface area contributed by atoms with Gasteiger partial charge in [-0.05, 0) is 24.1 Å². The van der Waals surface area contributed by atoms with Crippen molar-refractivity contribution >= 4 is 39.7 Å². The number of rotatable bonds is 5. The summed E-state index contributed by atoms with van der Waals surface area (Å²) in [6.45, 7) is 3.58. The summed E-state index contributed by atoms with van der Waals surface area (Å²) in [4.78, 5) is 19.4. The zero-order valence-electron chi connectivity index (χ0n) is 11.7. The van der Waals surface area contributed by atoms with Crippen LogP contribution in [0.1, 0.15) is 23.8 Å². The van der Waals surface area contributed by atoms with Crippen molar-refractivity contribution in [3.63, 3.8) is 0 Å². The Labute approximate surface area is 132 Å². The van der Waals surface area contributed by atoms with Gasteiger partial charge >= 0.3 is 0 Å². The minimum Gasteiger partial charge on any atom is -0.362 e. The van der Waals surface area contributed by atoms with E-state index in [0.717, 1.165) is 34.2 Å². The van der Waals surface area contributed by atoms with Gasteiger partial charge in [-0.25, -0.2) is 4.98 Å². The van der Waals surface area contributed by atoms with Gasteiger partial charge in [-0.15, -0.1) is 11.3 Å². The monoisotopic (exact) mass is 321 g/mol. The van der Waals surface area contributed by atoms with E-state index in [1.54, 1.807) is 16.2 Å². The molecule has 0 aliphatic carbocycles. The highest BCUT2D eigenvalue weighted by molar-refractivity contribution is 7.15. The summed E-state index contributed by atoms with van der Waals surface area (Å²) in [5.41, 5.74) is 1.96. The van der Waals surface area contributed by atoms with E-state index in [1.807, 2.05) is 24.4 Å². The molecular weight excluding hydrogens is 306 g/mol. The molecule has 3 rings (SSSR count). The SMILES string of the molecule is CCCNc1ncc(CN2C(=O)Cc3ccc(Cl)cc32)s1. The maximum Gasteiger partial charge on any atom is 0.231 e. The number of aromatic nitrogens is 1. The smallest absolute Gasteiger partial charge is 0.231 e. The van der Waals surface area contributed by atoms with Crippen molar-refractivity contribution in [2.45, 2.75) is 26.3 Å². The van der Waals surface area contributed by atoms with Crippen LogP contribution in [-0.4, -0.2) is 17.4 Å². The molecule has 0 atom stereocenters. The van der Waals surface area contributed by atoms with E-state index < -0.39 is 0 Å². The number of amides is 1. The molecule has 110 valence electrons. The van der Waals surface area contributed by atoms with Crippen molar-refractivity contribution < 1.29 is 4.79 Å². The number of thiazole rings is 1. The number of carbonyl (C=O) groups is 1. The molecule has 0 spiro atoms. The van der Waals surface area contributed by atoms with Gasteiger partial charge in [0.1, 0.15) is 0 Å². The fourth-order valence-electron chi connectivity index (χ4n) is 2.35. The molecular formula is C15H16ClN3OS. The van der Waals surface area contributed by atoms with Crippen LogP contribution >= 0.6 is 22.9 Å². The van der Waals surface area contributed by atoms with Crippen molar-refractivity contribution in [2.75, 3.05) is 16.8 Å². The van der Waals surface area contributed by atoms with E-state index in [0.29, 0.717) is 18.0 Å². The van der Waals surface area contributed by atoms with Gasteiger partial charge in [0, 0.05) is 28.3 Å². The lowest BCUT2D eigenvalue weighted by atomic mass is 10.2. The average Bonchev–Trinajstić information content (AvgIpc) is 3.03. The van der Waals surface area contributed by atoms with Crippen LogP contribution < -0.4 is 10.2 Å². The molecule has 0 unspecified atom stereocenters. The molecule has 1 amide bonds. The molecule has 4 nitrogen and oxygen atoms in total. The highest BCUT2D eigenvalue weighted by Crippen LogP contribution is 2.33. The van der Waals surface area contributed by atoms with E-state index in [1.165, 1.54) is 0 Å². The molecule has 6 heteroatoms. The van der Waals surface area contributed by atoms with Crippen molar-refractivity contribution in [3.8, 4) is 0 Å². The first-order chi connectivity index (χ1) is 10.2. The number of benzene rings is 1. The van der Waals surface area contributed by atoms with Crippen LogP contribution in [0, 0.1) is 0 Å². The first kappa shape index (κ1) is 14.4. The standard InChI is InChI=1S/C15H16ClN3OS/c1-2-5-17-15-18-8-12(21-15)9-19-13-7-11(16)4-3-10(13)6-14(19)20/h3-4,7-8H,2,5-6,9H2,1H3,(H,17,18). The quantitative estimate of drug-likeness (QED) is 0.913. The maximum absolute atomic E-state index is 12.2. The van der Waals surface area contributed by atoms with Gasteiger partial charge in [0.25, 0.3) is 0 Å². The number of carbonyl (C=O) groups excluding carboxylic acids is 1. The van der Waals surface area contributed by atoms with Crippen LogP contribution in [0.15, 0.2) is 24.4 Å². The summed E-state index contributed by atoms with van der Waals surface area (Å²) in [6, 6.07) is 5.62. The van der Waals surface area contributed by atoms with Crippen molar-refractivity contribution in [3.05, 3.63) is 39.9 Å². The minimum absolute atomic E-state index is 0.115. The number of fused-ring (bicyclic) bond motifs is 1. The van der Waals surface area contributed by atoms with E-state index in [9.17, 15) is 4.79 Å². The largest absolute Gasteiger partial charge is 0.362 e. The Balaban J connectivity index is 1.77. The Hall–Kier alpha value is -1.59. The van der Waals surface area contributed by atoms with Gasteiger partial charge < -0.3 is 10.2 Å². The number of hydrogen-bond donors (Lipinski definition) is 1. The summed E-state index contributed by atoms with van der Waals surface area (Å²) >= 11 is 7.63. The Morgan fingerprint density at radius 2 is 2.33 bits per heavy atom. The topological polar surface area (TPSA) is 45.2 Å². The van der Waals surface area contributed by atoms with Crippen LogP contribution in [0.2, 0.25) is 5.02 Å². The fraction of sp³-hybridized carbons (Fsp3) is 0.333. The minimum atomic E-state index is 0.115. The zero-order valence-corrected chi connectivity index (χ0v) is 13.3. The predicted molar refractivity (Wildman–Crippen MR) is 87.2 cm³/mol. The highest BCUT2D eigenvalue weighted by Gasteiger charge is 2.27. The second kappa shape index (κ2) is 6.03. The second-order valence-electron chi connectivity index (χ2n) is 4.99. The van der Waals surface area contributed by atoms with Crippen LogP contribution in [0.4, 0.5) is 10.8 Å². The molecule has 2 aromatic rings. The molecule has 0 fully saturated rings. The average molecular weight is 322 g/mol. The third kappa shape index (κ3) is 3.04. The zero-order chi connectivity index (χ0) is 14.8. The van der Waals surface area contributed by atoms with Gasteiger partial charge in [-0.1, -0.05) is 24.6 Å². The second-order valence-corrected chi connectivity index (χ2v) is 6.54. The number of hydrogen-bond acceptors (Lipinski definition) is 4. The Morgan fingerprint density at radius 1 is 1.48 bits per heavy atom. The predicted octanol–water partition coefficient (Wildman–Crippen LogP) is 3.71. The van der Waals surface area contributed by atoms with Gasteiger partial charge in [0.2, 0.25) is 5.91 Å². The number of nitrogens with zero attached hydrogens (tertiary/aromatic N) is 2. The number of nitrogens with one attached hydrogen (secondary N) is 1. The lowest BCUT2D eigenvalue weighted by molar-refractivity contribution is -0.117. The fourth-order valence-corrected chi connectivity index (χ4v) is 3.35. The van der Waals surface area contributed by atoms with Crippen molar-refractivity contribution in [2.24, 2.45) is 0 Å². The molecule has 21 heavy (non-hydrogen) atoms. The highest BCUT2D eigenvalue weighted by atomic mass is 35.5. The van der Waals surface area contributed by atoms with Gasteiger partial charge in [-0.3, -0.25) is 4.79 Å².